The highest BCUT2D eigenvalue weighted by Crippen LogP contribution is 2.20. The zero-order chi connectivity index (χ0) is 13.7. The lowest BCUT2D eigenvalue weighted by Crippen LogP contribution is -2.55. The van der Waals surface area contributed by atoms with Crippen molar-refractivity contribution in [1.82, 2.24) is 20.0 Å². The van der Waals surface area contributed by atoms with Crippen LogP contribution in [0, 0.1) is 0 Å². The van der Waals surface area contributed by atoms with Gasteiger partial charge in [-0.2, -0.15) is 0 Å². The summed E-state index contributed by atoms with van der Waals surface area (Å²) in [6.45, 7) is 14.2. The van der Waals surface area contributed by atoms with Crippen LogP contribution >= 0.6 is 0 Å². The average molecular weight is 268 g/mol. The first-order valence-corrected chi connectivity index (χ1v) is 7.49. The van der Waals surface area contributed by atoms with Crippen LogP contribution in [-0.4, -0.2) is 85.6 Å². The first-order chi connectivity index (χ1) is 9.12. The van der Waals surface area contributed by atoms with Gasteiger partial charge in [-0.3, -0.25) is 14.6 Å². The summed E-state index contributed by atoms with van der Waals surface area (Å²) in [5.41, 5.74) is 0.282. The molecule has 0 spiro atoms. The van der Waals surface area contributed by atoms with Gasteiger partial charge in [-0.15, -0.1) is 0 Å². The molecule has 0 unspecified atom stereocenters. The maximum absolute atomic E-state index is 10.7. The Bertz CT molecular complexity index is 281. The second kappa shape index (κ2) is 6.68. The predicted molar refractivity (Wildman–Crippen MR) is 77.2 cm³/mol. The van der Waals surface area contributed by atoms with Gasteiger partial charge < -0.3 is 10.2 Å². The molecule has 2 saturated heterocycles. The number of carbonyl (C=O) groups excluding carboxylic acids is 1. The summed E-state index contributed by atoms with van der Waals surface area (Å²) in [6.07, 6.45) is 2.18. The summed E-state index contributed by atoms with van der Waals surface area (Å²) in [4.78, 5) is 17.7. The summed E-state index contributed by atoms with van der Waals surface area (Å²) < 4.78 is 0. The Balaban J connectivity index is 1.73. The van der Waals surface area contributed by atoms with E-state index in [0.717, 1.165) is 65.3 Å². The zero-order valence-electron chi connectivity index (χ0n) is 12.4. The number of hydrogen-bond donors (Lipinski definition) is 1. The van der Waals surface area contributed by atoms with Gasteiger partial charge in [-0.1, -0.05) is 0 Å². The first kappa shape index (κ1) is 14.8. The highest BCUT2D eigenvalue weighted by atomic mass is 16.1. The quantitative estimate of drug-likeness (QED) is 0.703. The van der Waals surface area contributed by atoms with Gasteiger partial charge in [-0.25, -0.2) is 0 Å². The molecular weight excluding hydrogens is 240 g/mol. The number of hydrogen-bond acceptors (Lipinski definition) is 4. The molecule has 110 valence electrons. The number of rotatable bonds is 5. The fourth-order valence-corrected chi connectivity index (χ4v) is 2.95. The Morgan fingerprint density at radius 3 is 2.26 bits per heavy atom. The Kier molecular flexibility index (Phi) is 5.19. The average Bonchev–Trinajstić information content (AvgIpc) is 2.47. The molecule has 2 heterocycles. The van der Waals surface area contributed by atoms with Crippen LogP contribution in [0.2, 0.25) is 0 Å². The Morgan fingerprint density at radius 2 is 1.68 bits per heavy atom. The third kappa shape index (κ3) is 4.16. The lowest BCUT2D eigenvalue weighted by Gasteiger charge is -2.43. The maximum Gasteiger partial charge on any atom is 0.209 e. The molecule has 0 aliphatic carbocycles. The van der Waals surface area contributed by atoms with Crippen molar-refractivity contribution in [3.8, 4) is 0 Å². The lowest BCUT2D eigenvalue weighted by atomic mass is 9.96. The molecule has 2 rings (SSSR count). The highest BCUT2D eigenvalue weighted by molar-refractivity contribution is 5.47. The number of nitrogens with zero attached hydrogens (tertiary/aromatic N) is 3. The van der Waals surface area contributed by atoms with Crippen molar-refractivity contribution in [2.24, 2.45) is 0 Å². The number of piperazine rings is 2. The second-order valence-corrected chi connectivity index (χ2v) is 6.28. The fourth-order valence-electron chi connectivity index (χ4n) is 2.95. The van der Waals surface area contributed by atoms with Crippen molar-refractivity contribution < 1.29 is 4.79 Å². The highest BCUT2D eigenvalue weighted by Gasteiger charge is 2.28. The van der Waals surface area contributed by atoms with Crippen LogP contribution in [0.4, 0.5) is 0 Å². The van der Waals surface area contributed by atoms with Crippen LogP contribution in [0.25, 0.3) is 0 Å². The van der Waals surface area contributed by atoms with E-state index in [0.29, 0.717) is 0 Å². The Labute approximate surface area is 116 Å². The van der Waals surface area contributed by atoms with Crippen LogP contribution in [-0.2, 0) is 4.79 Å². The molecular formula is C14H28N4O. The van der Waals surface area contributed by atoms with E-state index in [4.69, 9.17) is 0 Å². The molecule has 2 aliphatic heterocycles. The fraction of sp³-hybridized carbons (Fsp3) is 0.929. The largest absolute Gasteiger partial charge is 0.343 e. The molecule has 2 aliphatic rings. The summed E-state index contributed by atoms with van der Waals surface area (Å²) in [5.74, 6) is 0. The van der Waals surface area contributed by atoms with E-state index in [-0.39, 0.29) is 5.54 Å². The Morgan fingerprint density at radius 1 is 1.05 bits per heavy atom. The van der Waals surface area contributed by atoms with Crippen LogP contribution in [0.15, 0.2) is 0 Å². The molecule has 2 fully saturated rings. The summed E-state index contributed by atoms with van der Waals surface area (Å²) in [7, 11) is 0. The molecule has 0 aromatic heterocycles. The zero-order valence-corrected chi connectivity index (χ0v) is 12.4. The van der Waals surface area contributed by atoms with Crippen molar-refractivity contribution >= 4 is 6.41 Å². The van der Waals surface area contributed by atoms with E-state index >= 15 is 0 Å². The molecule has 0 bridgehead atoms. The monoisotopic (exact) mass is 268 g/mol. The molecule has 0 radical (unpaired) electrons. The van der Waals surface area contributed by atoms with E-state index in [1.165, 1.54) is 6.42 Å². The number of nitrogens with one attached hydrogen (secondary N) is 1. The molecule has 0 aromatic rings. The van der Waals surface area contributed by atoms with Gasteiger partial charge >= 0.3 is 0 Å². The first-order valence-electron chi connectivity index (χ1n) is 7.49. The van der Waals surface area contributed by atoms with E-state index < -0.39 is 0 Å². The van der Waals surface area contributed by atoms with Crippen molar-refractivity contribution in [2.45, 2.75) is 25.8 Å². The minimum absolute atomic E-state index is 0.282. The van der Waals surface area contributed by atoms with Crippen molar-refractivity contribution in [2.75, 3.05) is 58.9 Å². The normalized spacial score (nSPS) is 23.6. The summed E-state index contributed by atoms with van der Waals surface area (Å²) in [5, 5.41) is 3.41. The van der Waals surface area contributed by atoms with Gasteiger partial charge in [0, 0.05) is 64.4 Å². The molecule has 5 nitrogen and oxygen atoms in total. The standard InChI is InChI=1S/C14H28N4O/c1-14(2,18-7-4-15-5-8-18)3-6-16-9-11-17(13-19)12-10-16/h13,15H,3-12H2,1-2H3. The predicted octanol–water partition coefficient (Wildman–Crippen LogP) is -0.166. The van der Waals surface area contributed by atoms with Gasteiger partial charge in [0.05, 0.1) is 0 Å². The van der Waals surface area contributed by atoms with Crippen LogP contribution in [0.5, 0.6) is 0 Å². The molecule has 0 saturated carbocycles. The van der Waals surface area contributed by atoms with Gasteiger partial charge in [0.1, 0.15) is 0 Å². The van der Waals surface area contributed by atoms with Gasteiger partial charge in [-0.05, 0) is 20.3 Å². The molecule has 1 N–H and O–H groups in total. The van der Waals surface area contributed by atoms with E-state index in [9.17, 15) is 4.79 Å². The van der Waals surface area contributed by atoms with Crippen LogP contribution in [0.1, 0.15) is 20.3 Å². The minimum Gasteiger partial charge on any atom is -0.343 e. The van der Waals surface area contributed by atoms with Gasteiger partial charge in [0.15, 0.2) is 0 Å². The van der Waals surface area contributed by atoms with Crippen molar-refractivity contribution in [1.29, 1.82) is 0 Å². The third-order valence-electron chi connectivity index (χ3n) is 4.57. The van der Waals surface area contributed by atoms with Crippen LogP contribution in [0.3, 0.4) is 0 Å². The molecule has 19 heavy (non-hydrogen) atoms. The lowest BCUT2D eigenvalue weighted by molar-refractivity contribution is -0.119. The minimum atomic E-state index is 0.282. The topological polar surface area (TPSA) is 38.8 Å². The van der Waals surface area contributed by atoms with Gasteiger partial charge in [0.2, 0.25) is 6.41 Å². The third-order valence-corrected chi connectivity index (χ3v) is 4.57. The van der Waals surface area contributed by atoms with Crippen LogP contribution < -0.4 is 5.32 Å². The summed E-state index contributed by atoms with van der Waals surface area (Å²) >= 11 is 0. The SMILES string of the molecule is CC(C)(CCN1CCN(C=O)CC1)N1CCNCC1. The summed E-state index contributed by atoms with van der Waals surface area (Å²) in [6, 6.07) is 0. The Hall–Kier alpha value is -0.650. The molecule has 5 heteroatoms. The van der Waals surface area contributed by atoms with Gasteiger partial charge in [0.25, 0.3) is 0 Å². The number of carbonyl (C=O) groups is 1. The van der Waals surface area contributed by atoms with Crippen molar-refractivity contribution in [3.05, 3.63) is 0 Å². The van der Waals surface area contributed by atoms with E-state index in [1.807, 2.05) is 4.90 Å². The molecule has 0 aromatic carbocycles. The molecule has 1 amide bonds. The molecule has 0 atom stereocenters. The van der Waals surface area contributed by atoms with E-state index in [2.05, 4.69) is 29.0 Å². The van der Waals surface area contributed by atoms with Crippen molar-refractivity contribution in [3.63, 3.8) is 0 Å². The van der Waals surface area contributed by atoms with E-state index in [1.54, 1.807) is 0 Å². The number of amides is 1. The maximum atomic E-state index is 10.7. The second-order valence-electron chi connectivity index (χ2n) is 6.28. The smallest absolute Gasteiger partial charge is 0.209 e.